The van der Waals surface area contributed by atoms with Crippen molar-refractivity contribution in [3.05, 3.63) is 0 Å². The van der Waals surface area contributed by atoms with Crippen LogP contribution in [0.5, 0.6) is 0 Å². The third-order valence-corrected chi connectivity index (χ3v) is 17.6. The third-order valence-electron chi connectivity index (χ3n) is 17.6. The van der Waals surface area contributed by atoms with Crippen molar-refractivity contribution in [3.8, 4) is 0 Å². The fraction of sp³-hybridized carbons (Fsp3) is 1.00. The Hall–Kier alpha value is -0.520. The largest absolute Gasteiger partial charge is 0.393 e. The van der Waals surface area contributed by atoms with Crippen LogP contribution in [0.3, 0.4) is 0 Å². The average molecular weight is 769 g/mol. The van der Waals surface area contributed by atoms with Crippen LogP contribution in [0.1, 0.15) is 113 Å². The first kappa shape index (κ1) is 40.3. The molecule has 54 heavy (non-hydrogen) atoms. The van der Waals surface area contributed by atoms with Crippen molar-refractivity contribution in [2.24, 2.45) is 44.8 Å². The molecule has 5 unspecified atom stereocenters. The summed E-state index contributed by atoms with van der Waals surface area (Å²) in [6.07, 6.45) is -6.31. The van der Waals surface area contributed by atoms with Crippen molar-refractivity contribution in [3.63, 3.8) is 0 Å². The Balaban J connectivity index is 1.02. The molecule has 0 aromatic carbocycles. The minimum Gasteiger partial charge on any atom is -0.393 e. The van der Waals surface area contributed by atoms with Gasteiger partial charge in [-0.05, 0) is 124 Å². The molecule has 0 aromatic rings. The first-order chi connectivity index (χ1) is 25.0. The normalized spacial score (nSPS) is 59.6. The first-order valence-electron chi connectivity index (χ1n) is 20.7. The lowest BCUT2D eigenvalue weighted by molar-refractivity contribution is -0.364. The van der Waals surface area contributed by atoms with Gasteiger partial charge in [0.25, 0.3) is 0 Å². The van der Waals surface area contributed by atoms with Gasteiger partial charge in [0, 0.05) is 5.92 Å². The van der Waals surface area contributed by atoms with E-state index in [1.807, 2.05) is 0 Å². The van der Waals surface area contributed by atoms with Crippen LogP contribution in [-0.4, -0.2) is 138 Å². The van der Waals surface area contributed by atoms with Gasteiger partial charge in [-0.2, -0.15) is 0 Å². The van der Waals surface area contributed by atoms with E-state index in [1.165, 1.54) is 6.92 Å². The first-order valence-corrected chi connectivity index (χ1v) is 20.7. The molecule has 3 aliphatic heterocycles. The van der Waals surface area contributed by atoms with Crippen molar-refractivity contribution in [2.75, 3.05) is 6.61 Å². The number of aliphatic hydroxyl groups excluding tert-OH is 7. The number of ether oxygens (including phenoxy) is 5. The van der Waals surface area contributed by atoms with Crippen LogP contribution in [0, 0.1) is 44.8 Å². The standard InChI is InChI=1S/C41H68O13/c1-19-26(45)28(47)29(48)33(51-19)53-30-27(46)22(44)17-50-34(30)52-24-10-12-41-18-40(41)14-13-37(6)32(39(8)11-9-25(54-39)36(4,5)49)21(43)16-38(37,7)23(40)15-20(42)31(41)35(24,2)3/h19-34,42-49H,9-18H2,1-8H3/t19-,20+,21+,22+,23?,24?,25-,26-,27-,28+,29+,30+,31?,32-,33-,34-,37+,38-,39+,40?,41?/m0/s1. The second kappa shape index (κ2) is 12.7. The van der Waals surface area contributed by atoms with Crippen LogP contribution in [-0.2, 0) is 23.7 Å². The van der Waals surface area contributed by atoms with Crippen molar-refractivity contribution < 1.29 is 64.5 Å². The van der Waals surface area contributed by atoms with Gasteiger partial charge in [-0.25, -0.2) is 0 Å². The van der Waals surface area contributed by atoms with E-state index < -0.39 is 90.2 Å². The molecule has 8 fully saturated rings. The van der Waals surface area contributed by atoms with E-state index in [9.17, 15) is 40.9 Å². The lowest BCUT2D eigenvalue weighted by atomic mass is 9.41. The van der Waals surface area contributed by atoms with Gasteiger partial charge in [0.2, 0.25) is 0 Å². The summed E-state index contributed by atoms with van der Waals surface area (Å²) in [7, 11) is 0. The number of fused-ring (bicyclic) bond motifs is 2. The Morgan fingerprint density at radius 2 is 1.39 bits per heavy atom. The second-order valence-electron chi connectivity index (χ2n) is 21.0. The molecule has 21 atom stereocenters. The predicted octanol–water partition coefficient (Wildman–Crippen LogP) is 1.75. The summed E-state index contributed by atoms with van der Waals surface area (Å²) in [5, 5.41) is 88.1. The smallest absolute Gasteiger partial charge is 0.187 e. The molecular weight excluding hydrogens is 700 g/mol. The lowest BCUT2D eigenvalue weighted by Crippen LogP contribution is -2.64. The molecule has 8 rings (SSSR count). The molecule has 5 aliphatic carbocycles. The van der Waals surface area contributed by atoms with Gasteiger partial charge >= 0.3 is 0 Å². The van der Waals surface area contributed by atoms with Gasteiger partial charge < -0.3 is 64.5 Å². The average Bonchev–Trinajstić information content (AvgIpc) is 3.43. The highest BCUT2D eigenvalue weighted by molar-refractivity contribution is 5.33. The zero-order valence-electron chi connectivity index (χ0n) is 33.4. The second-order valence-corrected chi connectivity index (χ2v) is 21.0. The molecule has 310 valence electrons. The maximum absolute atomic E-state index is 12.4. The van der Waals surface area contributed by atoms with Crippen molar-refractivity contribution in [2.45, 2.75) is 204 Å². The van der Waals surface area contributed by atoms with E-state index in [0.717, 1.165) is 38.5 Å². The summed E-state index contributed by atoms with van der Waals surface area (Å²) in [6.45, 7) is 16.1. The molecule has 13 heteroatoms. The molecule has 0 bridgehead atoms. The van der Waals surface area contributed by atoms with Gasteiger partial charge in [-0.15, -0.1) is 0 Å². The SMILES string of the molecule is C[C@@H]1O[C@@H](O[C@H]2[C@H](OC3CCC45CC46CC[C@]4(C)[C@@H]([C@@]7(C)CC[C@@H](C(C)(C)O)O7)[C@H](O)C[C@@]4(C)C6C[C@@H](O)C5C3(C)C)OC[C@@H](O)[C@@H]2O)[C@H](O)[C@H](O)[C@H]1O. The van der Waals surface area contributed by atoms with E-state index in [4.69, 9.17) is 23.7 Å². The summed E-state index contributed by atoms with van der Waals surface area (Å²) >= 11 is 0. The number of hydrogen-bond donors (Lipinski definition) is 8. The Morgan fingerprint density at radius 1 is 0.685 bits per heavy atom. The fourth-order valence-electron chi connectivity index (χ4n) is 14.8. The highest BCUT2D eigenvalue weighted by atomic mass is 16.8. The van der Waals surface area contributed by atoms with Gasteiger partial charge in [0.05, 0.1) is 48.3 Å². The topological polar surface area (TPSA) is 208 Å². The van der Waals surface area contributed by atoms with Gasteiger partial charge in [-0.3, -0.25) is 0 Å². The molecule has 0 amide bonds. The molecule has 13 nitrogen and oxygen atoms in total. The molecule has 3 heterocycles. The summed E-state index contributed by atoms with van der Waals surface area (Å²) in [6, 6.07) is 0. The lowest BCUT2D eigenvalue weighted by Gasteiger charge is -2.64. The zero-order valence-corrected chi connectivity index (χ0v) is 33.4. The van der Waals surface area contributed by atoms with Crippen LogP contribution in [0.2, 0.25) is 0 Å². The predicted molar refractivity (Wildman–Crippen MR) is 192 cm³/mol. The number of hydrogen-bond acceptors (Lipinski definition) is 13. The molecule has 8 aliphatic rings. The van der Waals surface area contributed by atoms with Gasteiger partial charge in [0.15, 0.2) is 12.6 Å². The number of aliphatic hydroxyl groups is 8. The van der Waals surface area contributed by atoms with E-state index in [1.54, 1.807) is 13.8 Å². The van der Waals surface area contributed by atoms with Crippen LogP contribution in [0.15, 0.2) is 0 Å². The molecule has 0 aromatic heterocycles. The summed E-state index contributed by atoms with van der Waals surface area (Å²) in [5.41, 5.74) is -2.51. The minimum absolute atomic E-state index is 0.0406. The van der Waals surface area contributed by atoms with Crippen molar-refractivity contribution >= 4 is 0 Å². The van der Waals surface area contributed by atoms with Crippen LogP contribution in [0.25, 0.3) is 0 Å². The number of rotatable bonds is 6. The minimum atomic E-state index is -1.61. The van der Waals surface area contributed by atoms with E-state index in [2.05, 4.69) is 34.6 Å². The molecule has 0 radical (unpaired) electrons. The fourth-order valence-corrected chi connectivity index (χ4v) is 14.8. The van der Waals surface area contributed by atoms with Crippen molar-refractivity contribution in [1.29, 1.82) is 0 Å². The van der Waals surface area contributed by atoms with Crippen LogP contribution in [0.4, 0.5) is 0 Å². The van der Waals surface area contributed by atoms with Crippen LogP contribution >= 0.6 is 0 Å². The molecular formula is C41H68O13. The quantitative estimate of drug-likeness (QED) is 0.182. The van der Waals surface area contributed by atoms with Crippen LogP contribution < -0.4 is 0 Å². The Kier molecular flexibility index (Phi) is 9.50. The summed E-state index contributed by atoms with van der Waals surface area (Å²) < 4.78 is 31.1. The van der Waals surface area contributed by atoms with Crippen molar-refractivity contribution in [1.82, 2.24) is 0 Å². The highest BCUT2D eigenvalue weighted by Gasteiger charge is 2.85. The Morgan fingerprint density at radius 3 is 2.06 bits per heavy atom. The highest BCUT2D eigenvalue weighted by Crippen LogP contribution is 2.89. The Bertz CT molecular complexity index is 1440. The monoisotopic (exact) mass is 768 g/mol. The van der Waals surface area contributed by atoms with Gasteiger partial charge in [-0.1, -0.05) is 27.7 Å². The van der Waals surface area contributed by atoms with E-state index in [-0.39, 0.29) is 52.1 Å². The summed E-state index contributed by atoms with van der Waals surface area (Å²) in [4.78, 5) is 0. The zero-order chi connectivity index (χ0) is 39.3. The maximum atomic E-state index is 12.4. The molecule has 5 saturated carbocycles. The third kappa shape index (κ3) is 5.43. The van der Waals surface area contributed by atoms with E-state index >= 15 is 0 Å². The molecule has 8 N–H and O–H groups in total. The Labute approximate surface area is 319 Å². The maximum Gasteiger partial charge on any atom is 0.187 e. The van der Waals surface area contributed by atoms with Gasteiger partial charge in [0.1, 0.15) is 36.6 Å². The summed E-state index contributed by atoms with van der Waals surface area (Å²) in [5.74, 6) is 0.0751. The molecule has 3 saturated heterocycles. The van der Waals surface area contributed by atoms with E-state index in [0.29, 0.717) is 19.3 Å². The molecule has 2 spiro atoms.